The molecule has 0 aromatic heterocycles. The number of amides is 2. The minimum absolute atomic E-state index is 0.131. The summed E-state index contributed by atoms with van der Waals surface area (Å²) in [6.45, 7) is 2.33. The number of rotatable bonds is 2. The van der Waals surface area contributed by atoms with E-state index in [1.807, 2.05) is 0 Å². The maximum atomic E-state index is 13.3. The van der Waals surface area contributed by atoms with Gasteiger partial charge in [0.2, 0.25) is 0 Å². The van der Waals surface area contributed by atoms with E-state index in [2.05, 4.69) is 5.32 Å². The number of carbonyl (C=O) groups excluding carboxylic acids is 1. The van der Waals surface area contributed by atoms with Crippen molar-refractivity contribution in [2.45, 2.75) is 19.8 Å². The molecule has 2 rings (SSSR count). The van der Waals surface area contributed by atoms with Crippen molar-refractivity contribution in [1.82, 2.24) is 4.90 Å². The first-order chi connectivity index (χ1) is 9.88. The van der Waals surface area contributed by atoms with Crippen LogP contribution < -0.4 is 5.32 Å². The molecule has 5 nitrogen and oxygen atoms in total. The first kappa shape index (κ1) is 15.6. The van der Waals surface area contributed by atoms with Crippen LogP contribution in [0.5, 0.6) is 0 Å². The summed E-state index contributed by atoms with van der Waals surface area (Å²) < 4.78 is 13.3. The van der Waals surface area contributed by atoms with Gasteiger partial charge in [0.15, 0.2) is 0 Å². The van der Waals surface area contributed by atoms with E-state index in [-0.39, 0.29) is 11.1 Å². The van der Waals surface area contributed by atoms with E-state index in [0.29, 0.717) is 37.2 Å². The molecule has 2 N–H and O–H groups in total. The number of aliphatic carboxylic acids is 1. The monoisotopic (exact) mass is 314 g/mol. The molecule has 1 aromatic carbocycles. The lowest BCUT2D eigenvalue weighted by molar-refractivity contribution is -0.143. The number of urea groups is 1. The summed E-state index contributed by atoms with van der Waals surface area (Å²) in [5, 5.41) is 11.7. The fourth-order valence-corrected chi connectivity index (χ4v) is 2.47. The first-order valence-electron chi connectivity index (χ1n) is 6.63. The summed E-state index contributed by atoms with van der Waals surface area (Å²) in [5.41, 5.74) is 0.736. The predicted molar refractivity (Wildman–Crippen MR) is 77.1 cm³/mol. The highest BCUT2D eigenvalue weighted by Crippen LogP contribution is 2.26. The van der Waals surface area contributed by atoms with E-state index < -0.39 is 17.7 Å². The summed E-state index contributed by atoms with van der Waals surface area (Å²) in [5.74, 6) is -1.65. The number of nitrogens with zero attached hydrogens (tertiary/aromatic N) is 1. The summed E-state index contributed by atoms with van der Waals surface area (Å²) in [4.78, 5) is 24.5. The largest absolute Gasteiger partial charge is 0.481 e. The first-order valence-corrected chi connectivity index (χ1v) is 7.00. The maximum absolute atomic E-state index is 13.3. The van der Waals surface area contributed by atoms with Crippen molar-refractivity contribution >= 4 is 29.3 Å². The van der Waals surface area contributed by atoms with Crippen molar-refractivity contribution in [3.8, 4) is 0 Å². The van der Waals surface area contributed by atoms with Crippen molar-refractivity contribution in [3.63, 3.8) is 0 Å². The number of carboxylic acid groups (broad SMARTS) is 1. The molecule has 0 atom stereocenters. The molecule has 1 aliphatic heterocycles. The van der Waals surface area contributed by atoms with Crippen LogP contribution in [0.1, 0.15) is 18.4 Å². The van der Waals surface area contributed by atoms with Crippen LogP contribution in [0.15, 0.2) is 12.1 Å². The van der Waals surface area contributed by atoms with Crippen molar-refractivity contribution in [2.24, 2.45) is 5.92 Å². The lowest BCUT2D eigenvalue weighted by Crippen LogP contribution is -2.42. The van der Waals surface area contributed by atoms with Crippen molar-refractivity contribution < 1.29 is 19.1 Å². The highest BCUT2D eigenvalue weighted by atomic mass is 35.5. The Hall–Kier alpha value is -1.82. The zero-order valence-corrected chi connectivity index (χ0v) is 12.3. The van der Waals surface area contributed by atoms with E-state index in [0.717, 1.165) is 6.07 Å². The summed E-state index contributed by atoms with van der Waals surface area (Å²) in [6, 6.07) is 2.27. The molecule has 0 radical (unpaired) electrons. The Balaban J connectivity index is 2.00. The number of hydrogen-bond acceptors (Lipinski definition) is 2. The van der Waals surface area contributed by atoms with Gasteiger partial charge in [-0.2, -0.15) is 0 Å². The van der Waals surface area contributed by atoms with Gasteiger partial charge < -0.3 is 15.3 Å². The summed E-state index contributed by atoms with van der Waals surface area (Å²) >= 11 is 5.90. The molecule has 0 bridgehead atoms. The minimum Gasteiger partial charge on any atom is -0.481 e. The van der Waals surface area contributed by atoms with Gasteiger partial charge in [-0.3, -0.25) is 4.79 Å². The van der Waals surface area contributed by atoms with Crippen LogP contribution in [0.2, 0.25) is 5.02 Å². The molecule has 1 fully saturated rings. The van der Waals surface area contributed by atoms with Crippen LogP contribution in [-0.4, -0.2) is 35.1 Å². The Kier molecular flexibility index (Phi) is 4.67. The Morgan fingerprint density at radius 3 is 2.57 bits per heavy atom. The van der Waals surface area contributed by atoms with Gasteiger partial charge in [0.25, 0.3) is 0 Å². The standard InChI is InChI=1S/C14H16ClFN2O3/c1-8-6-12(10(15)7-11(8)16)17-14(21)18-4-2-9(3-5-18)13(19)20/h6-7,9H,2-5H2,1H3,(H,17,21)(H,19,20). The molecule has 1 heterocycles. The van der Waals surface area contributed by atoms with Gasteiger partial charge in [-0.1, -0.05) is 11.6 Å². The number of benzene rings is 1. The molecule has 2 amide bonds. The Labute approximate surface area is 126 Å². The maximum Gasteiger partial charge on any atom is 0.321 e. The Morgan fingerprint density at radius 2 is 2.00 bits per heavy atom. The molecule has 0 saturated carbocycles. The number of likely N-dealkylation sites (tertiary alicyclic amines) is 1. The van der Waals surface area contributed by atoms with Gasteiger partial charge in [0.05, 0.1) is 16.6 Å². The van der Waals surface area contributed by atoms with Crippen LogP contribution in [0.3, 0.4) is 0 Å². The van der Waals surface area contributed by atoms with E-state index in [4.69, 9.17) is 16.7 Å². The number of carbonyl (C=O) groups is 2. The SMILES string of the molecule is Cc1cc(NC(=O)N2CCC(C(=O)O)CC2)c(Cl)cc1F. The second kappa shape index (κ2) is 6.30. The lowest BCUT2D eigenvalue weighted by Gasteiger charge is -2.30. The van der Waals surface area contributed by atoms with Crippen LogP contribution in [-0.2, 0) is 4.79 Å². The molecule has 114 valence electrons. The normalized spacial score (nSPS) is 15.9. The number of hydrogen-bond donors (Lipinski definition) is 2. The second-order valence-electron chi connectivity index (χ2n) is 5.11. The molecular weight excluding hydrogens is 299 g/mol. The van der Waals surface area contributed by atoms with E-state index >= 15 is 0 Å². The smallest absolute Gasteiger partial charge is 0.321 e. The fourth-order valence-electron chi connectivity index (χ4n) is 2.28. The van der Waals surface area contributed by atoms with Gasteiger partial charge in [-0.05, 0) is 37.5 Å². The summed E-state index contributed by atoms with van der Waals surface area (Å²) in [6.07, 6.45) is 0.859. The third-order valence-electron chi connectivity index (χ3n) is 3.62. The van der Waals surface area contributed by atoms with Crippen molar-refractivity contribution in [2.75, 3.05) is 18.4 Å². The number of nitrogens with one attached hydrogen (secondary N) is 1. The number of carboxylic acids is 1. The van der Waals surface area contributed by atoms with E-state index in [1.165, 1.54) is 11.0 Å². The third-order valence-corrected chi connectivity index (χ3v) is 3.93. The Morgan fingerprint density at radius 1 is 1.38 bits per heavy atom. The van der Waals surface area contributed by atoms with Gasteiger partial charge in [0, 0.05) is 13.1 Å². The van der Waals surface area contributed by atoms with Gasteiger partial charge >= 0.3 is 12.0 Å². The number of halogens is 2. The molecule has 0 unspecified atom stereocenters. The molecule has 0 spiro atoms. The number of piperidine rings is 1. The molecule has 0 aliphatic carbocycles. The molecule has 1 saturated heterocycles. The number of anilines is 1. The highest BCUT2D eigenvalue weighted by molar-refractivity contribution is 6.33. The molecule has 21 heavy (non-hydrogen) atoms. The van der Waals surface area contributed by atoms with Gasteiger partial charge in [-0.15, -0.1) is 0 Å². The zero-order valence-electron chi connectivity index (χ0n) is 11.5. The highest BCUT2D eigenvalue weighted by Gasteiger charge is 2.27. The van der Waals surface area contributed by atoms with Crippen molar-refractivity contribution in [3.05, 3.63) is 28.5 Å². The van der Waals surface area contributed by atoms with E-state index in [9.17, 15) is 14.0 Å². The van der Waals surface area contributed by atoms with Gasteiger partial charge in [-0.25, -0.2) is 9.18 Å². The predicted octanol–water partition coefficient (Wildman–Crippen LogP) is 3.12. The van der Waals surface area contributed by atoms with Crippen LogP contribution >= 0.6 is 11.6 Å². The van der Waals surface area contributed by atoms with Crippen molar-refractivity contribution in [1.29, 1.82) is 0 Å². The molecule has 1 aliphatic rings. The van der Waals surface area contributed by atoms with Gasteiger partial charge in [0.1, 0.15) is 5.82 Å². The van der Waals surface area contributed by atoms with Crippen LogP contribution in [0.4, 0.5) is 14.9 Å². The molecular formula is C14H16ClFN2O3. The molecule has 1 aromatic rings. The quantitative estimate of drug-likeness (QED) is 0.881. The second-order valence-corrected chi connectivity index (χ2v) is 5.52. The third kappa shape index (κ3) is 3.64. The molecule has 7 heteroatoms. The average molecular weight is 315 g/mol. The summed E-state index contributed by atoms with van der Waals surface area (Å²) in [7, 11) is 0. The Bertz CT molecular complexity index is 572. The van der Waals surface area contributed by atoms with E-state index in [1.54, 1.807) is 6.92 Å². The minimum atomic E-state index is -0.827. The van der Waals surface area contributed by atoms with Crippen LogP contribution in [0, 0.1) is 18.7 Å². The lowest BCUT2D eigenvalue weighted by atomic mass is 9.97. The average Bonchev–Trinajstić information content (AvgIpc) is 2.44. The zero-order chi connectivity index (χ0) is 15.6. The van der Waals surface area contributed by atoms with Crippen LogP contribution in [0.25, 0.3) is 0 Å². The topological polar surface area (TPSA) is 69.6 Å². The number of aryl methyl sites for hydroxylation is 1. The fraction of sp³-hybridized carbons (Fsp3) is 0.429.